The van der Waals surface area contributed by atoms with E-state index in [2.05, 4.69) is 44.8 Å². The van der Waals surface area contributed by atoms with Crippen molar-refractivity contribution >= 4 is 52.1 Å². The zero-order chi connectivity index (χ0) is 21.1. The fraction of sp³-hybridized carbons (Fsp3) is 0.333. The molecule has 0 saturated carbocycles. The molecule has 4 rings (SSSR count). The molecule has 1 aromatic carbocycles. The first-order valence-electron chi connectivity index (χ1n) is 9.89. The Kier molecular flexibility index (Phi) is 6.36. The number of rotatable bonds is 8. The molecule has 0 fully saturated rings. The van der Waals surface area contributed by atoms with E-state index in [1.54, 1.807) is 11.8 Å². The molecule has 0 bridgehead atoms. The van der Waals surface area contributed by atoms with Gasteiger partial charge in [-0.15, -0.1) is 0 Å². The molecular formula is C21H24ClN7S. The van der Waals surface area contributed by atoms with E-state index in [9.17, 15) is 0 Å². The van der Waals surface area contributed by atoms with Crippen LogP contribution in [0.4, 0.5) is 5.82 Å². The van der Waals surface area contributed by atoms with Crippen molar-refractivity contribution in [2.75, 3.05) is 18.8 Å². The molecule has 2 aromatic heterocycles. The lowest BCUT2D eigenvalue weighted by molar-refractivity contribution is 0.525. The lowest BCUT2D eigenvalue weighted by atomic mass is 10.1. The van der Waals surface area contributed by atoms with E-state index in [-0.39, 0.29) is 0 Å². The van der Waals surface area contributed by atoms with Gasteiger partial charge < -0.3 is 15.6 Å². The van der Waals surface area contributed by atoms with Gasteiger partial charge in [-0.1, -0.05) is 37.2 Å². The van der Waals surface area contributed by atoms with Crippen molar-refractivity contribution < 1.29 is 0 Å². The maximum Gasteiger partial charge on any atom is 0.175 e. The number of allylic oxidation sites excluding steroid dienone is 1. The van der Waals surface area contributed by atoms with Crippen molar-refractivity contribution in [1.82, 2.24) is 24.8 Å². The standard InChI is InChI=1S/C21H24ClN7S/c1-13(2)25-5-3-7-29-20-18(19(23)26-12-27-20)28-21(29)30-17-9-15(8-16(22)10-17)14-4-6-24-11-14/h4,6,8-10,12-13,25H,3,5,7,11H2,1-2H3,(H2,23,26,27). The van der Waals surface area contributed by atoms with E-state index in [4.69, 9.17) is 22.3 Å². The van der Waals surface area contributed by atoms with Gasteiger partial charge in [-0.2, -0.15) is 0 Å². The van der Waals surface area contributed by atoms with Gasteiger partial charge in [0.2, 0.25) is 0 Å². The summed E-state index contributed by atoms with van der Waals surface area (Å²) in [4.78, 5) is 18.6. The third kappa shape index (κ3) is 4.66. The molecule has 0 amide bonds. The van der Waals surface area contributed by atoms with Crippen molar-refractivity contribution in [1.29, 1.82) is 0 Å². The van der Waals surface area contributed by atoms with Crippen molar-refractivity contribution in [3.8, 4) is 0 Å². The van der Waals surface area contributed by atoms with Gasteiger partial charge in [-0.25, -0.2) is 15.0 Å². The number of nitrogen functional groups attached to an aromatic ring is 1. The Bertz CT molecular complexity index is 1120. The van der Waals surface area contributed by atoms with Crippen LogP contribution in [0.15, 0.2) is 45.6 Å². The molecule has 1 aliphatic rings. The second-order valence-corrected chi connectivity index (χ2v) is 8.88. The number of aromatic nitrogens is 4. The number of aryl methyl sites for hydroxylation is 1. The number of nitrogens with zero attached hydrogens (tertiary/aromatic N) is 5. The topological polar surface area (TPSA) is 94.0 Å². The first kappa shape index (κ1) is 20.8. The molecule has 0 radical (unpaired) electrons. The Hall–Kier alpha value is -2.42. The molecule has 30 heavy (non-hydrogen) atoms. The maximum absolute atomic E-state index is 6.41. The van der Waals surface area contributed by atoms with E-state index in [1.165, 1.54) is 6.33 Å². The number of anilines is 1. The SMILES string of the molecule is CC(C)NCCCn1c(Sc2cc(Cl)cc(C3=CC=NC3)c2)nc2c(N)ncnc21. The smallest absolute Gasteiger partial charge is 0.175 e. The summed E-state index contributed by atoms with van der Waals surface area (Å²) in [7, 11) is 0. The summed E-state index contributed by atoms with van der Waals surface area (Å²) < 4.78 is 2.11. The third-order valence-corrected chi connectivity index (χ3v) is 5.91. The zero-order valence-electron chi connectivity index (χ0n) is 17.0. The van der Waals surface area contributed by atoms with Gasteiger partial charge in [0, 0.05) is 28.7 Å². The number of imidazole rings is 1. The van der Waals surface area contributed by atoms with Crippen LogP contribution >= 0.6 is 23.4 Å². The van der Waals surface area contributed by atoms with Gasteiger partial charge >= 0.3 is 0 Å². The Balaban J connectivity index is 1.65. The van der Waals surface area contributed by atoms with Gasteiger partial charge in [0.05, 0.1) is 6.54 Å². The van der Waals surface area contributed by atoms with E-state index < -0.39 is 0 Å². The maximum atomic E-state index is 6.41. The van der Waals surface area contributed by atoms with Crippen LogP contribution in [0.1, 0.15) is 25.8 Å². The van der Waals surface area contributed by atoms with Gasteiger partial charge in [-0.3, -0.25) is 4.99 Å². The van der Waals surface area contributed by atoms with Crippen LogP contribution in [0.5, 0.6) is 0 Å². The van der Waals surface area contributed by atoms with E-state index in [0.717, 1.165) is 46.3 Å². The minimum Gasteiger partial charge on any atom is -0.382 e. The summed E-state index contributed by atoms with van der Waals surface area (Å²) >= 11 is 7.97. The second kappa shape index (κ2) is 9.16. The minimum absolute atomic E-state index is 0.390. The van der Waals surface area contributed by atoms with Gasteiger partial charge in [0.1, 0.15) is 6.33 Å². The molecule has 0 aliphatic carbocycles. The average molecular weight is 442 g/mol. The largest absolute Gasteiger partial charge is 0.382 e. The highest BCUT2D eigenvalue weighted by Gasteiger charge is 2.17. The molecular weight excluding hydrogens is 418 g/mol. The molecule has 3 N–H and O–H groups in total. The summed E-state index contributed by atoms with van der Waals surface area (Å²) in [6.07, 6.45) is 6.29. The van der Waals surface area contributed by atoms with Crippen molar-refractivity contribution in [3.63, 3.8) is 0 Å². The number of halogens is 1. The number of nitrogens with two attached hydrogens (primary N) is 1. The van der Waals surface area contributed by atoms with Gasteiger partial charge in [-0.05, 0) is 48.4 Å². The summed E-state index contributed by atoms with van der Waals surface area (Å²) in [5.74, 6) is 0.390. The molecule has 0 saturated heterocycles. The summed E-state index contributed by atoms with van der Waals surface area (Å²) in [5.41, 5.74) is 9.68. The van der Waals surface area contributed by atoms with Crippen LogP contribution in [0.25, 0.3) is 16.7 Å². The third-order valence-electron chi connectivity index (χ3n) is 4.73. The lowest BCUT2D eigenvalue weighted by Crippen LogP contribution is -2.24. The Morgan fingerprint density at radius 3 is 2.90 bits per heavy atom. The van der Waals surface area contributed by atoms with Crippen LogP contribution in [0.2, 0.25) is 5.02 Å². The summed E-state index contributed by atoms with van der Waals surface area (Å²) in [5, 5.41) is 4.96. The number of fused-ring (bicyclic) bond motifs is 1. The molecule has 3 heterocycles. The second-order valence-electron chi connectivity index (χ2n) is 7.40. The minimum atomic E-state index is 0.390. The normalized spacial score (nSPS) is 13.5. The molecule has 9 heteroatoms. The predicted octanol–water partition coefficient (Wildman–Crippen LogP) is 4.07. The van der Waals surface area contributed by atoms with E-state index in [1.807, 2.05) is 24.4 Å². The molecule has 0 spiro atoms. The summed E-state index contributed by atoms with van der Waals surface area (Å²) in [6.45, 7) is 6.66. The predicted molar refractivity (Wildman–Crippen MR) is 124 cm³/mol. The monoisotopic (exact) mass is 441 g/mol. The first-order chi connectivity index (χ1) is 14.5. The van der Waals surface area contributed by atoms with Crippen LogP contribution in [-0.4, -0.2) is 44.9 Å². The fourth-order valence-electron chi connectivity index (χ4n) is 3.29. The van der Waals surface area contributed by atoms with Crippen LogP contribution < -0.4 is 11.1 Å². The highest BCUT2D eigenvalue weighted by atomic mass is 35.5. The molecule has 0 unspecified atom stereocenters. The Morgan fingerprint density at radius 1 is 1.27 bits per heavy atom. The van der Waals surface area contributed by atoms with Crippen LogP contribution in [0.3, 0.4) is 0 Å². The highest BCUT2D eigenvalue weighted by molar-refractivity contribution is 7.99. The number of hydrogen-bond donors (Lipinski definition) is 2. The fourth-order valence-corrected chi connectivity index (χ4v) is 4.60. The van der Waals surface area contributed by atoms with Gasteiger partial charge in [0.25, 0.3) is 0 Å². The van der Waals surface area contributed by atoms with Crippen molar-refractivity contribution in [2.24, 2.45) is 4.99 Å². The molecule has 156 valence electrons. The summed E-state index contributed by atoms with van der Waals surface area (Å²) in [6, 6.07) is 6.49. The zero-order valence-corrected chi connectivity index (χ0v) is 18.5. The Morgan fingerprint density at radius 2 is 2.13 bits per heavy atom. The number of hydrogen-bond acceptors (Lipinski definition) is 7. The van der Waals surface area contributed by atoms with Crippen LogP contribution in [0, 0.1) is 0 Å². The van der Waals surface area contributed by atoms with E-state index >= 15 is 0 Å². The van der Waals surface area contributed by atoms with Crippen molar-refractivity contribution in [2.45, 2.75) is 42.9 Å². The Labute approximate surface area is 184 Å². The lowest BCUT2D eigenvalue weighted by Gasteiger charge is -2.11. The average Bonchev–Trinajstić information content (AvgIpc) is 3.34. The van der Waals surface area contributed by atoms with Crippen LogP contribution in [-0.2, 0) is 6.54 Å². The molecule has 7 nitrogen and oxygen atoms in total. The number of aliphatic imine (C=N–C) groups is 1. The quantitative estimate of drug-likeness (QED) is 0.512. The van der Waals surface area contributed by atoms with Crippen molar-refractivity contribution in [3.05, 3.63) is 41.2 Å². The number of nitrogens with one attached hydrogen (secondary N) is 1. The highest BCUT2D eigenvalue weighted by Crippen LogP contribution is 2.34. The molecule has 1 aliphatic heterocycles. The first-order valence-corrected chi connectivity index (χ1v) is 11.1. The van der Waals surface area contributed by atoms with Gasteiger partial charge in [0.15, 0.2) is 22.1 Å². The van der Waals surface area contributed by atoms with E-state index in [0.29, 0.717) is 28.9 Å². The molecule has 3 aromatic rings. The number of benzene rings is 1. The molecule has 0 atom stereocenters.